The van der Waals surface area contributed by atoms with Gasteiger partial charge in [-0.25, -0.2) is 8.78 Å². The van der Waals surface area contributed by atoms with Crippen molar-refractivity contribution in [2.45, 2.75) is 17.7 Å². The average Bonchev–Trinajstić information content (AvgIpc) is 2.77. The molecule has 2 aromatic carbocycles. The molecule has 1 N–H and O–H groups in total. The van der Waals surface area contributed by atoms with Gasteiger partial charge in [0.15, 0.2) is 6.61 Å². The zero-order valence-corrected chi connectivity index (χ0v) is 17.7. The third-order valence-corrected chi connectivity index (χ3v) is 5.74. The number of carbonyl (C=O) groups excluding carboxylic acids is 3. The smallest absolute Gasteiger partial charge is 0.309 e. The summed E-state index contributed by atoms with van der Waals surface area (Å²) >= 11 is 1.59. The SMILES string of the molecule is CSc1ccc(NC(=O)COC(=O)C2CCN(C(=O)c3ccc(F)cc3F)CC2)cc1. The predicted molar refractivity (Wildman–Crippen MR) is 113 cm³/mol. The molecule has 6 nitrogen and oxygen atoms in total. The maximum Gasteiger partial charge on any atom is 0.309 e. The van der Waals surface area contributed by atoms with E-state index in [-0.39, 0.29) is 18.7 Å². The molecule has 0 unspecified atom stereocenters. The number of benzene rings is 2. The molecule has 0 aromatic heterocycles. The van der Waals surface area contributed by atoms with Gasteiger partial charge >= 0.3 is 5.97 Å². The number of nitrogens with zero attached hydrogens (tertiary/aromatic N) is 1. The van der Waals surface area contributed by atoms with E-state index in [4.69, 9.17) is 4.74 Å². The lowest BCUT2D eigenvalue weighted by Crippen LogP contribution is -2.41. The minimum Gasteiger partial charge on any atom is -0.455 e. The van der Waals surface area contributed by atoms with E-state index in [9.17, 15) is 23.2 Å². The minimum absolute atomic E-state index is 0.204. The Morgan fingerprint density at radius 1 is 1.10 bits per heavy atom. The third-order valence-electron chi connectivity index (χ3n) is 5.00. The molecule has 2 amide bonds. The van der Waals surface area contributed by atoms with Crippen LogP contribution < -0.4 is 5.32 Å². The summed E-state index contributed by atoms with van der Waals surface area (Å²) in [4.78, 5) is 39.2. The lowest BCUT2D eigenvalue weighted by Gasteiger charge is -2.31. The third kappa shape index (κ3) is 6.04. The summed E-state index contributed by atoms with van der Waals surface area (Å²) in [5, 5.41) is 2.66. The quantitative estimate of drug-likeness (QED) is 0.539. The van der Waals surface area contributed by atoms with Crippen LogP contribution in [0.3, 0.4) is 0 Å². The van der Waals surface area contributed by atoms with Gasteiger partial charge in [0, 0.05) is 29.7 Å². The number of piperidine rings is 1. The first-order valence-electron chi connectivity index (χ1n) is 9.72. The zero-order chi connectivity index (χ0) is 22.4. The topological polar surface area (TPSA) is 75.7 Å². The first-order valence-corrected chi connectivity index (χ1v) is 10.9. The number of anilines is 1. The Kier molecular flexibility index (Phi) is 7.62. The molecule has 164 valence electrons. The van der Waals surface area contributed by atoms with Gasteiger partial charge in [0.1, 0.15) is 11.6 Å². The number of thioether (sulfide) groups is 1. The summed E-state index contributed by atoms with van der Waals surface area (Å²) in [6.45, 7) is 0.0792. The van der Waals surface area contributed by atoms with Crippen molar-refractivity contribution in [2.75, 3.05) is 31.3 Å². The first-order chi connectivity index (χ1) is 14.9. The number of amides is 2. The zero-order valence-electron chi connectivity index (χ0n) is 16.9. The molecule has 0 aliphatic carbocycles. The van der Waals surface area contributed by atoms with E-state index < -0.39 is 41.9 Å². The molecule has 31 heavy (non-hydrogen) atoms. The molecule has 0 saturated carbocycles. The Hall–Kier alpha value is -2.94. The number of hydrogen-bond acceptors (Lipinski definition) is 5. The van der Waals surface area contributed by atoms with Crippen LogP contribution in [0, 0.1) is 17.6 Å². The van der Waals surface area contributed by atoms with Gasteiger partial charge in [-0.15, -0.1) is 11.8 Å². The van der Waals surface area contributed by atoms with Crippen LogP contribution in [-0.4, -0.2) is 48.6 Å². The van der Waals surface area contributed by atoms with Gasteiger partial charge in [-0.2, -0.15) is 0 Å². The number of likely N-dealkylation sites (tertiary alicyclic amines) is 1. The summed E-state index contributed by atoms with van der Waals surface area (Å²) in [5.74, 6) is -3.61. The molecular weight excluding hydrogens is 426 g/mol. The van der Waals surface area contributed by atoms with E-state index in [1.54, 1.807) is 23.9 Å². The lowest BCUT2D eigenvalue weighted by molar-refractivity contribution is -0.152. The predicted octanol–water partition coefficient (Wildman–Crippen LogP) is 3.72. The van der Waals surface area contributed by atoms with Crippen LogP contribution in [0.2, 0.25) is 0 Å². The monoisotopic (exact) mass is 448 g/mol. The van der Waals surface area contributed by atoms with Gasteiger partial charge in [-0.1, -0.05) is 0 Å². The van der Waals surface area contributed by atoms with E-state index in [0.717, 1.165) is 17.0 Å². The maximum absolute atomic E-state index is 13.8. The van der Waals surface area contributed by atoms with Crippen molar-refractivity contribution in [1.29, 1.82) is 0 Å². The summed E-state index contributed by atoms with van der Waals surface area (Å²) in [7, 11) is 0. The highest BCUT2D eigenvalue weighted by Gasteiger charge is 2.30. The fourth-order valence-corrected chi connectivity index (χ4v) is 3.69. The van der Waals surface area contributed by atoms with Gasteiger partial charge in [-0.3, -0.25) is 14.4 Å². The van der Waals surface area contributed by atoms with E-state index in [1.807, 2.05) is 18.4 Å². The second-order valence-corrected chi connectivity index (χ2v) is 7.95. The molecule has 2 aromatic rings. The molecule has 0 atom stereocenters. The highest BCUT2D eigenvalue weighted by molar-refractivity contribution is 7.98. The van der Waals surface area contributed by atoms with Crippen molar-refractivity contribution < 1.29 is 27.9 Å². The molecular formula is C22H22F2N2O4S. The van der Waals surface area contributed by atoms with Gasteiger partial charge < -0.3 is 15.0 Å². The fraction of sp³-hybridized carbons (Fsp3) is 0.318. The van der Waals surface area contributed by atoms with Crippen molar-refractivity contribution in [1.82, 2.24) is 4.90 Å². The molecule has 1 heterocycles. The van der Waals surface area contributed by atoms with Crippen LogP contribution in [0.25, 0.3) is 0 Å². The Bertz CT molecular complexity index is 960. The van der Waals surface area contributed by atoms with Crippen LogP contribution in [0.1, 0.15) is 23.2 Å². The van der Waals surface area contributed by atoms with Crippen LogP contribution in [0.5, 0.6) is 0 Å². The Morgan fingerprint density at radius 2 is 1.77 bits per heavy atom. The fourth-order valence-electron chi connectivity index (χ4n) is 3.28. The highest BCUT2D eigenvalue weighted by atomic mass is 32.2. The highest BCUT2D eigenvalue weighted by Crippen LogP contribution is 2.22. The molecule has 1 aliphatic heterocycles. The maximum atomic E-state index is 13.8. The van der Waals surface area contributed by atoms with Gasteiger partial charge in [0.2, 0.25) is 0 Å². The molecule has 0 bridgehead atoms. The second-order valence-electron chi connectivity index (χ2n) is 7.08. The Balaban J connectivity index is 1.44. The summed E-state index contributed by atoms with van der Waals surface area (Å²) < 4.78 is 32.0. The van der Waals surface area contributed by atoms with Crippen molar-refractivity contribution in [3.63, 3.8) is 0 Å². The molecule has 1 aliphatic rings. The molecule has 1 saturated heterocycles. The number of carbonyl (C=O) groups is 3. The normalized spacial score (nSPS) is 14.2. The van der Waals surface area contributed by atoms with E-state index in [2.05, 4.69) is 5.32 Å². The average molecular weight is 448 g/mol. The number of nitrogens with one attached hydrogen (secondary N) is 1. The van der Waals surface area contributed by atoms with Gasteiger partial charge in [-0.05, 0) is 55.5 Å². The molecule has 1 fully saturated rings. The summed E-state index contributed by atoms with van der Waals surface area (Å²) in [6, 6.07) is 10.1. The van der Waals surface area contributed by atoms with Crippen LogP contribution in [-0.2, 0) is 14.3 Å². The van der Waals surface area contributed by atoms with Crippen molar-refractivity contribution >= 4 is 35.2 Å². The number of ether oxygens (including phenoxy) is 1. The minimum atomic E-state index is -0.916. The van der Waals surface area contributed by atoms with Crippen LogP contribution in [0.4, 0.5) is 14.5 Å². The lowest BCUT2D eigenvalue weighted by atomic mass is 9.96. The molecule has 9 heteroatoms. The number of esters is 1. The van der Waals surface area contributed by atoms with Gasteiger partial charge in [0.05, 0.1) is 11.5 Å². The largest absolute Gasteiger partial charge is 0.455 e. The molecule has 0 spiro atoms. The summed E-state index contributed by atoms with van der Waals surface area (Å²) in [6.07, 6.45) is 2.63. The van der Waals surface area contributed by atoms with Crippen molar-refractivity contribution in [2.24, 2.45) is 5.92 Å². The van der Waals surface area contributed by atoms with E-state index >= 15 is 0 Å². The van der Waals surface area contributed by atoms with Crippen molar-refractivity contribution in [3.05, 3.63) is 59.7 Å². The van der Waals surface area contributed by atoms with Crippen LogP contribution >= 0.6 is 11.8 Å². The summed E-state index contributed by atoms with van der Waals surface area (Å²) in [5.41, 5.74) is 0.406. The van der Waals surface area contributed by atoms with Crippen molar-refractivity contribution in [3.8, 4) is 0 Å². The van der Waals surface area contributed by atoms with E-state index in [0.29, 0.717) is 24.6 Å². The first kappa shape index (κ1) is 22.7. The molecule has 0 radical (unpaired) electrons. The number of hydrogen-bond donors (Lipinski definition) is 1. The van der Waals surface area contributed by atoms with Gasteiger partial charge in [0.25, 0.3) is 11.8 Å². The molecule has 3 rings (SSSR count). The standard InChI is InChI=1S/C22H22F2N2O4S/c1-31-17-5-3-16(4-6-17)25-20(27)13-30-22(29)14-8-10-26(11-9-14)21(28)18-7-2-15(23)12-19(18)24/h2-7,12,14H,8-11,13H2,1H3,(H,25,27). The van der Waals surface area contributed by atoms with E-state index in [1.165, 1.54) is 4.90 Å². The Morgan fingerprint density at radius 3 is 2.39 bits per heavy atom. The number of rotatable bonds is 6. The second kappa shape index (κ2) is 10.4. The number of halogens is 2. The van der Waals surface area contributed by atoms with Crippen LogP contribution in [0.15, 0.2) is 47.4 Å². The Labute approximate surface area is 182 Å².